The molecule has 28 heavy (non-hydrogen) atoms. The first-order chi connectivity index (χ1) is 13.3. The zero-order chi connectivity index (χ0) is 20.3. The molecule has 0 aromatic heterocycles. The number of rotatable bonds is 8. The summed E-state index contributed by atoms with van der Waals surface area (Å²) < 4.78 is 31.5. The van der Waals surface area contributed by atoms with Gasteiger partial charge in [0, 0.05) is 18.8 Å². The van der Waals surface area contributed by atoms with Gasteiger partial charge < -0.3 is 10.1 Å². The predicted molar refractivity (Wildman–Crippen MR) is 105 cm³/mol. The van der Waals surface area contributed by atoms with Crippen molar-refractivity contribution in [3.05, 3.63) is 36.4 Å². The Morgan fingerprint density at radius 1 is 1.11 bits per heavy atom. The lowest BCUT2D eigenvalue weighted by Crippen LogP contribution is -2.30. The van der Waals surface area contributed by atoms with Crippen molar-refractivity contribution in [3.8, 4) is 0 Å². The number of carbonyl (C=O) groups is 2. The number of nitrogens with zero attached hydrogens (tertiary/aromatic N) is 1. The monoisotopic (exact) mass is 406 g/mol. The molecule has 7 nitrogen and oxygen atoms in total. The molecule has 3 atom stereocenters. The third-order valence-corrected chi connectivity index (χ3v) is 7.47. The molecule has 1 amide bonds. The molecule has 3 rings (SSSR count). The molecule has 0 saturated heterocycles. The highest BCUT2D eigenvalue weighted by atomic mass is 32.2. The number of fused-ring (bicyclic) bond motifs is 2. The van der Waals surface area contributed by atoms with Crippen molar-refractivity contribution in [1.29, 1.82) is 0 Å². The number of benzene rings is 1. The summed E-state index contributed by atoms with van der Waals surface area (Å²) in [4.78, 5) is 24.4. The van der Waals surface area contributed by atoms with Crippen molar-refractivity contribution >= 4 is 27.6 Å². The number of hydrogen-bond acceptors (Lipinski definition) is 5. The van der Waals surface area contributed by atoms with Crippen LogP contribution < -0.4 is 5.32 Å². The Hall–Kier alpha value is -2.19. The second-order valence-corrected chi connectivity index (χ2v) is 9.09. The van der Waals surface area contributed by atoms with Gasteiger partial charge in [-0.15, -0.1) is 0 Å². The predicted octanol–water partition coefficient (Wildman–Crippen LogP) is 2.41. The topological polar surface area (TPSA) is 92.8 Å². The number of anilines is 1. The molecule has 1 aromatic rings. The van der Waals surface area contributed by atoms with E-state index in [1.807, 2.05) is 0 Å². The summed E-state index contributed by atoms with van der Waals surface area (Å²) in [6, 6.07) is 5.96. The summed E-state index contributed by atoms with van der Waals surface area (Å²) in [5.74, 6) is -0.227. The average molecular weight is 407 g/mol. The van der Waals surface area contributed by atoms with Crippen molar-refractivity contribution in [2.45, 2.75) is 31.6 Å². The third-order valence-electron chi connectivity index (χ3n) is 5.41. The number of hydrogen-bond donors (Lipinski definition) is 1. The van der Waals surface area contributed by atoms with Crippen LogP contribution in [0.15, 0.2) is 41.3 Å². The Morgan fingerprint density at radius 2 is 1.79 bits per heavy atom. The minimum Gasteiger partial charge on any atom is -0.455 e. The first-order valence-corrected chi connectivity index (χ1v) is 11.0. The summed E-state index contributed by atoms with van der Waals surface area (Å²) in [5.41, 5.74) is 0.447. The molecule has 1 saturated carbocycles. The molecule has 0 aliphatic heterocycles. The maximum absolute atomic E-state index is 12.5. The molecule has 1 aromatic carbocycles. The van der Waals surface area contributed by atoms with Gasteiger partial charge >= 0.3 is 5.97 Å². The molecule has 1 N–H and O–H groups in total. The molecule has 2 aliphatic carbocycles. The zero-order valence-electron chi connectivity index (χ0n) is 16.1. The minimum absolute atomic E-state index is 0.146. The Labute approximate surface area is 165 Å². The van der Waals surface area contributed by atoms with Crippen LogP contribution in [0.1, 0.15) is 26.7 Å². The van der Waals surface area contributed by atoms with Gasteiger partial charge in [-0.2, -0.15) is 4.31 Å². The zero-order valence-corrected chi connectivity index (χ0v) is 16.9. The van der Waals surface area contributed by atoms with Gasteiger partial charge in [-0.25, -0.2) is 8.42 Å². The minimum atomic E-state index is -3.54. The smallest absolute Gasteiger partial charge is 0.310 e. The van der Waals surface area contributed by atoms with E-state index >= 15 is 0 Å². The number of sulfonamides is 1. The van der Waals surface area contributed by atoms with Crippen molar-refractivity contribution in [3.63, 3.8) is 0 Å². The Balaban J connectivity index is 1.52. The summed E-state index contributed by atoms with van der Waals surface area (Å²) in [7, 11) is -3.54. The first-order valence-electron chi connectivity index (χ1n) is 9.60. The van der Waals surface area contributed by atoms with E-state index in [0.29, 0.717) is 24.7 Å². The van der Waals surface area contributed by atoms with Crippen LogP contribution in [0.5, 0.6) is 0 Å². The van der Waals surface area contributed by atoms with Gasteiger partial charge in [0.15, 0.2) is 6.61 Å². The molecule has 0 unspecified atom stereocenters. The molecular formula is C20H26N2O5S. The Bertz CT molecular complexity index is 859. The average Bonchev–Trinajstić information content (AvgIpc) is 3.31. The number of amides is 1. The third kappa shape index (κ3) is 4.28. The van der Waals surface area contributed by atoms with Gasteiger partial charge in [0.1, 0.15) is 0 Å². The lowest BCUT2D eigenvalue weighted by molar-refractivity contribution is -0.152. The standard InChI is InChI=1S/C20H26N2O5S/c1-3-22(4-2)28(25,26)17-9-7-16(8-10-17)21-19(23)13-27-20(24)18-12-14-5-6-15(18)11-14/h5-10,14-15,18H,3-4,11-13H2,1-2H3,(H,21,23)/t14-,15-,18+/m0/s1. The van der Waals surface area contributed by atoms with E-state index in [4.69, 9.17) is 4.74 Å². The Kier molecular flexibility index (Phi) is 6.20. The largest absolute Gasteiger partial charge is 0.455 e. The fourth-order valence-corrected chi connectivity index (χ4v) is 5.37. The highest BCUT2D eigenvalue weighted by Gasteiger charge is 2.40. The van der Waals surface area contributed by atoms with E-state index in [0.717, 1.165) is 12.8 Å². The molecule has 0 heterocycles. The van der Waals surface area contributed by atoms with Gasteiger partial charge in [0.25, 0.3) is 5.91 Å². The van der Waals surface area contributed by atoms with E-state index < -0.39 is 15.9 Å². The quantitative estimate of drug-likeness (QED) is 0.529. The second kappa shape index (κ2) is 8.45. The van der Waals surface area contributed by atoms with E-state index in [-0.39, 0.29) is 29.3 Å². The summed E-state index contributed by atoms with van der Waals surface area (Å²) in [5, 5.41) is 2.62. The highest BCUT2D eigenvalue weighted by molar-refractivity contribution is 7.89. The first kappa shape index (κ1) is 20.5. The lowest BCUT2D eigenvalue weighted by Gasteiger charge is -2.18. The van der Waals surface area contributed by atoms with Crippen LogP contribution in [0.25, 0.3) is 0 Å². The number of allylic oxidation sites excluding steroid dienone is 2. The fraction of sp³-hybridized carbons (Fsp3) is 0.500. The van der Waals surface area contributed by atoms with Crippen LogP contribution in [0.4, 0.5) is 5.69 Å². The number of esters is 1. The second-order valence-electron chi connectivity index (χ2n) is 7.16. The molecular weight excluding hydrogens is 380 g/mol. The normalized spacial score (nSPS) is 23.2. The molecule has 0 radical (unpaired) electrons. The molecule has 152 valence electrons. The SMILES string of the molecule is CCN(CC)S(=O)(=O)c1ccc(NC(=O)COC(=O)[C@@H]2C[C@H]3C=C[C@H]2C3)cc1. The van der Waals surface area contributed by atoms with Gasteiger partial charge in [-0.3, -0.25) is 9.59 Å². The van der Waals surface area contributed by atoms with Crippen LogP contribution in [0.3, 0.4) is 0 Å². The van der Waals surface area contributed by atoms with Gasteiger partial charge in [-0.1, -0.05) is 26.0 Å². The fourth-order valence-electron chi connectivity index (χ4n) is 3.92. The lowest BCUT2D eigenvalue weighted by atomic mass is 9.94. The van der Waals surface area contributed by atoms with Crippen LogP contribution in [-0.4, -0.2) is 44.3 Å². The van der Waals surface area contributed by atoms with Gasteiger partial charge in [0.05, 0.1) is 10.8 Å². The molecule has 2 bridgehead atoms. The van der Waals surface area contributed by atoms with Crippen molar-refractivity contribution in [1.82, 2.24) is 4.31 Å². The van der Waals surface area contributed by atoms with Crippen molar-refractivity contribution in [2.75, 3.05) is 25.0 Å². The molecule has 2 aliphatic rings. The number of nitrogens with one attached hydrogen (secondary N) is 1. The Morgan fingerprint density at radius 3 is 2.32 bits per heavy atom. The number of ether oxygens (including phenoxy) is 1. The van der Waals surface area contributed by atoms with Crippen LogP contribution in [0.2, 0.25) is 0 Å². The summed E-state index contributed by atoms with van der Waals surface area (Å²) in [6.07, 6.45) is 6.00. The maximum atomic E-state index is 12.5. The summed E-state index contributed by atoms with van der Waals surface area (Å²) in [6.45, 7) is 3.99. The van der Waals surface area contributed by atoms with E-state index in [1.54, 1.807) is 13.8 Å². The van der Waals surface area contributed by atoms with Gasteiger partial charge in [0.2, 0.25) is 10.0 Å². The van der Waals surface area contributed by atoms with Crippen molar-refractivity contribution in [2.24, 2.45) is 17.8 Å². The van der Waals surface area contributed by atoms with Crippen LogP contribution >= 0.6 is 0 Å². The number of carbonyl (C=O) groups excluding carboxylic acids is 2. The van der Waals surface area contributed by atoms with E-state index in [1.165, 1.54) is 28.6 Å². The van der Waals surface area contributed by atoms with E-state index in [9.17, 15) is 18.0 Å². The van der Waals surface area contributed by atoms with Crippen molar-refractivity contribution < 1.29 is 22.7 Å². The molecule has 0 spiro atoms. The van der Waals surface area contributed by atoms with Gasteiger partial charge in [-0.05, 0) is 48.9 Å². The highest BCUT2D eigenvalue weighted by Crippen LogP contribution is 2.43. The summed E-state index contributed by atoms with van der Waals surface area (Å²) >= 11 is 0. The van der Waals surface area contributed by atoms with Crippen LogP contribution in [0, 0.1) is 17.8 Å². The molecule has 8 heteroatoms. The molecule has 1 fully saturated rings. The maximum Gasteiger partial charge on any atom is 0.310 e. The van der Waals surface area contributed by atoms with E-state index in [2.05, 4.69) is 17.5 Å². The van der Waals surface area contributed by atoms with Crippen LogP contribution in [-0.2, 0) is 24.3 Å².